The molecule has 2 fully saturated rings. The lowest BCUT2D eigenvalue weighted by atomic mass is 10.1. The first-order valence-electron chi connectivity index (χ1n) is 5.59. The number of nitrogens with zero attached hydrogens (tertiary/aromatic N) is 1. The van der Waals surface area contributed by atoms with E-state index in [9.17, 15) is 0 Å². The molecule has 1 aliphatic heterocycles. The molecule has 1 saturated heterocycles. The Balaban J connectivity index is 1.81. The van der Waals surface area contributed by atoms with E-state index in [1.165, 1.54) is 32.4 Å². The number of piperidine rings is 1. The molecule has 0 bridgehead atoms. The van der Waals surface area contributed by atoms with Gasteiger partial charge < -0.3 is 0 Å². The van der Waals surface area contributed by atoms with Crippen molar-refractivity contribution >= 4 is 0 Å². The summed E-state index contributed by atoms with van der Waals surface area (Å²) in [7, 11) is 0. The van der Waals surface area contributed by atoms with Crippen LogP contribution >= 0.6 is 0 Å². The summed E-state index contributed by atoms with van der Waals surface area (Å²) in [5.74, 6) is 2.21. The Labute approximate surface area is 76.1 Å². The summed E-state index contributed by atoms with van der Waals surface area (Å²) >= 11 is 0. The average Bonchev–Trinajstić information content (AvgIpc) is 2.70. The summed E-state index contributed by atoms with van der Waals surface area (Å²) in [5, 5.41) is 0. The van der Waals surface area contributed by atoms with Gasteiger partial charge in [0.25, 0.3) is 0 Å². The minimum Gasteiger partial charge on any atom is -0.300 e. The molecule has 0 aromatic rings. The summed E-state index contributed by atoms with van der Waals surface area (Å²) in [4.78, 5) is 2.74. The lowest BCUT2D eigenvalue weighted by molar-refractivity contribution is 0.201. The number of likely N-dealkylation sites (tertiary alicyclic amines) is 1. The first kappa shape index (κ1) is 8.55. The van der Waals surface area contributed by atoms with Crippen LogP contribution in [0.2, 0.25) is 0 Å². The quantitative estimate of drug-likeness (QED) is 0.622. The van der Waals surface area contributed by atoms with Crippen molar-refractivity contribution in [2.45, 2.75) is 45.6 Å². The molecule has 2 aliphatic rings. The van der Waals surface area contributed by atoms with E-state index >= 15 is 0 Å². The number of hydrogen-bond donors (Lipinski definition) is 0. The van der Waals surface area contributed by atoms with E-state index in [1.807, 2.05) is 0 Å². The molecule has 1 heterocycles. The average molecular weight is 167 g/mol. The van der Waals surface area contributed by atoms with Gasteiger partial charge in [-0.15, -0.1) is 0 Å². The lowest BCUT2D eigenvalue weighted by Gasteiger charge is -2.27. The summed E-state index contributed by atoms with van der Waals surface area (Å²) in [6.07, 6.45) is 5.66. The van der Waals surface area contributed by atoms with Crippen molar-refractivity contribution in [2.75, 3.05) is 13.1 Å². The molecule has 2 rings (SSSR count). The molecule has 1 aliphatic carbocycles. The summed E-state index contributed by atoms with van der Waals surface area (Å²) in [6, 6.07) is 0.905. The number of hydrogen-bond acceptors (Lipinski definition) is 1. The lowest BCUT2D eigenvalue weighted by Crippen LogP contribution is -2.34. The van der Waals surface area contributed by atoms with E-state index in [0.717, 1.165) is 17.9 Å². The minimum absolute atomic E-state index is 0.905. The Bertz CT molecular complexity index is 145. The van der Waals surface area contributed by atoms with Crippen molar-refractivity contribution in [3.63, 3.8) is 0 Å². The van der Waals surface area contributed by atoms with Crippen molar-refractivity contribution in [3.05, 3.63) is 0 Å². The Morgan fingerprint density at radius 2 is 1.92 bits per heavy atom. The Morgan fingerprint density at radius 3 is 2.42 bits per heavy atom. The predicted molar refractivity (Wildman–Crippen MR) is 52.2 cm³/mol. The van der Waals surface area contributed by atoms with E-state index < -0.39 is 0 Å². The zero-order valence-electron chi connectivity index (χ0n) is 8.42. The van der Waals surface area contributed by atoms with Gasteiger partial charge >= 0.3 is 0 Å². The molecule has 70 valence electrons. The van der Waals surface area contributed by atoms with Gasteiger partial charge in [0.2, 0.25) is 0 Å². The molecular weight excluding hydrogens is 146 g/mol. The first-order valence-corrected chi connectivity index (χ1v) is 5.59. The zero-order chi connectivity index (χ0) is 8.55. The van der Waals surface area contributed by atoms with Gasteiger partial charge in [0.15, 0.2) is 0 Å². The van der Waals surface area contributed by atoms with Gasteiger partial charge in [-0.3, -0.25) is 4.90 Å². The highest BCUT2D eigenvalue weighted by molar-refractivity contribution is 4.98. The van der Waals surface area contributed by atoms with E-state index in [1.54, 1.807) is 6.42 Å². The summed E-state index contributed by atoms with van der Waals surface area (Å²) in [5.41, 5.74) is 0. The highest BCUT2D eigenvalue weighted by Crippen LogP contribution is 2.45. The molecule has 0 N–H and O–H groups in total. The van der Waals surface area contributed by atoms with Crippen LogP contribution in [0.4, 0.5) is 0 Å². The van der Waals surface area contributed by atoms with Crippen LogP contribution in [0.3, 0.4) is 0 Å². The van der Waals surface area contributed by atoms with Gasteiger partial charge in [-0.1, -0.05) is 20.3 Å². The van der Waals surface area contributed by atoms with Crippen molar-refractivity contribution in [1.82, 2.24) is 4.90 Å². The molecule has 0 aromatic heterocycles. The minimum atomic E-state index is 0.905. The van der Waals surface area contributed by atoms with Gasteiger partial charge in [-0.2, -0.15) is 0 Å². The van der Waals surface area contributed by atoms with Crippen LogP contribution in [0.5, 0.6) is 0 Å². The SMILES string of the molecule is CCCC(CC)N1CC2CC2C1. The highest BCUT2D eigenvalue weighted by Gasteiger charge is 2.46. The fraction of sp³-hybridized carbons (Fsp3) is 1.00. The molecule has 1 nitrogen and oxygen atoms in total. The molecule has 0 amide bonds. The Morgan fingerprint density at radius 1 is 1.25 bits per heavy atom. The maximum atomic E-state index is 2.74. The molecular formula is C11H21N. The Kier molecular flexibility index (Phi) is 2.40. The van der Waals surface area contributed by atoms with Crippen molar-refractivity contribution < 1.29 is 0 Å². The van der Waals surface area contributed by atoms with Crippen molar-refractivity contribution in [2.24, 2.45) is 11.8 Å². The van der Waals surface area contributed by atoms with Gasteiger partial charge in [0.05, 0.1) is 0 Å². The fourth-order valence-corrected chi connectivity index (χ4v) is 2.71. The number of rotatable bonds is 4. The predicted octanol–water partition coefficient (Wildman–Crippen LogP) is 2.52. The summed E-state index contributed by atoms with van der Waals surface area (Å²) < 4.78 is 0. The monoisotopic (exact) mass is 167 g/mol. The molecule has 12 heavy (non-hydrogen) atoms. The third-order valence-corrected chi connectivity index (χ3v) is 3.62. The van der Waals surface area contributed by atoms with Crippen LogP contribution < -0.4 is 0 Å². The molecule has 3 atom stereocenters. The van der Waals surface area contributed by atoms with E-state index in [0.29, 0.717) is 0 Å². The highest BCUT2D eigenvalue weighted by atomic mass is 15.2. The van der Waals surface area contributed by atoms with E-state index in [-0.39, 0.29) is 0 Å². The van der Waals surface area contributed by atoms with Crippen LogP contribution in [-0.2, 0) is 0 Å². The van der Waals surface area contributed by atoms with Crippen LogP contribution in [0.15, 0.2) is 0 Å². The van der Waals surface area contributed by atoms with Crippen molar-refractivity contribution in [3.8, 4) is 0 Å². The second-order valence-electron chi connectivity index (χ2n) is 4.56. The zero-order valence-corrected chi connectivity index (χ0v) is 8.42. The topological polar surface area (TPSA) is 3.24 Å². The van der Waals surface area contributed by atoms with Gasteiger partial charge in [-0.25, -0.2) is 0 Å². The van der Waals surface area contributed by atoms with Gasteiger partial charge in [0.1, 0.15) is 0 Å². The third-order valence-electron chi connectivity index (χ3n) is 3.62. The second kappa shape index (κ2) is 3.37. The molecule has 1 heteroatoms. The Hall–Kier alpha value is -0.0400. The number of fused-ring (bicyclic) bond motifs is 1. The standard InChI is InChI=1S/C11H21N/c1-3-5-11(4-2)12-7-9-6-10(9)8-12/h9-11H,3-8H2,1-2H3. The van der Waals surface area contributed by atoms with E-state index in [2.05, 4.69) is 18.7 Å². The third kappa shape index (κ3) is 1.52. The van der Waals surface area contributed by atoms with Crippen LogP contribution in [0.25, 0.3) is 0 Å². The van der Waals surface area contributed by atoms with Gasteiger partial charge in [0, 0.05) is 19.1 Å². The smallest absolute Gasteiger partial charge is 0.00927 e. The molecule has 0 aromatic carbocycles. The second-order valence-corrected chi connectivity index (χ2v) is 4.56. The van der Waals surface area contributed by atoms with Crippen molar-refractivity contribution in [1.29, 1.82) is 0 Å². The molecule has 0 radical (unpaired) electrons. The maximum absolute atomic E-state index is 2.74. The van der Waals surface area contributed by atoms with Crippen LogP contribution in [0, 0.1) is 11.8 Å². The molecule has 3 unspecified atom stereocenters. The van der Waals surface area contributed by atoms with Crippen LogP contribution in [0.1, 0.15) is 39.5 Å². The maximum Gasteiger partial charge on any atom is 0.00927 e. The normalized spacial score (nSPS) is 36.5. The van der Waals surface area contributed by atoms with Crippen LogP contribution in [-0.4, -0.2) is 24.0 Å². The summed E-state index contributed by atoms with van der Waals surface area (Å²) in [6.45, 7) is 7.48. The van der Waals surface area contributed by atoms with Gasteiger partial charge in [-0.05, 0) is 31.1 Å². The fourth-order valence-electron chi connectivity index (χ4n) is 2.71. The first-order chi connectivity index (χ1) is 5.85. The largest absolute Gasteiger partial charge is 0.300 e. The molecule has 1 saturated carbocycles. The van der Waals surface area contributed by atoms with E-state index in [4.69, 9.17) is 0 Å². The molecule has 0 spiro atoms.